The smallest absolute Gasteiger partial charge is 0.379 e. The van der Waals surface area contributed by atoms with Gasteiger partial charge in [-0.2, -0.15) is 13.2 Å². The summed E-state index contributed by atoms with van der Waals surface area (Å²) in [5.74, 6) is 1.29. The molecule has 196 valence electrons. The molecule has 2 aliphatic rings. The van der Waals surface area contributed by atoms with Gasteiger partial charge in [0.2, 0.25) is 0 Å². The molecule has 0 saturated carbocycles. The average Bonchev–Trinajstić information content (AvgIpc) is 2.88. The number of piperazine rings is 1. The molecule has 0 spiro atoms. The minimum Gasteiger partial charge on any atom is -0.379 e. The Balaban J connectivity index is 1.43. The standard InChI is InChI=1S/C26H28ClF3N6O/c1-18-16-35(25-22(26(28,29)30)6-3-7-31-25)8-9-36(18)23-15-21(17-34-10-12-37-13-11-34)32-24(33-23)19-4-2-5-20(27)14-19/h2-7,14-15,18H,8-13,16-17H2,1H3. The molecule has 1 atom stereocenters. The lowest BCUT2D eigenvalue weighted by molar-refractivity contribution is -0.137. The topological polar surface area (TPSA) is 57.6 Å². The highest BCUT2D eigenvalue weighted by atomic mass is 35.5. The number of nitrogens with zero attached hydrogens (tertiary/aromatic N) is 6. The summed E-state index contributed by atoms with van der Waals surface area (Å²) in [7, 11) is 0. The van der Waals surface area contributed by atoms with Gasteiger partial charge in [0.05, 0.1) is 24.5 Å². The zero-order valence-electron chi connectivity index (χ0n) is 20.5. The summed E-state index contributed by atoms with van der Waals surface area (Å²) in [5.41, 5.74) is 0.974. The lowest BCUT2D eigenvalue weighted by Gasteiger charge is -2.41. The highest BCUT2D eigenvalue weighted by Crippen LogP contribution is 2.36. The number of anilines is 2. The van der Waals surface area contributed by atoms with Crippen molar-refractivity contribution < 1.29 is 17.9 Å². The summed E-state index contributed by atoms with van der Waals surface area (Å²) in [6.45, 7) is 6.94. The van der Waals surface area contributed by atoms with E-state index in [0.717, 1.165) is 36.2 Å². The molecule has 0 aliphatic carbocycles. The van der Waals surface area contributed by atoms with Crippen LogP contribution in [0.5, 0.6) is 0 Å². The number of benzene rings is 1. The lowest BCUT2D eigenvalue weighted by atomic mass is 10.1. The van der Waals surface area contributed by atoms with Gasteiger partial charge in [-0.05, 0) is 31.2 Å². The molecule has 2 aromatic heterocycles. The molecule has 0 N–H and O–H groups in total. The molecule has 0 radical (unpaired) electrons. The van der Waals surface area contributed by atoms with Crippen molar-refractivity contribution in [1.82, 2.24) is 19.9 Å². The summed E-state index contributed by atoms with van der Waals surface area (Å²) in [4.78, 5) is 19.9. The Morgan fingerprint density at radius 2 is 1.84 bits per heavy atom. The van der Waals surface area contributed by atoms with Crippen molar-refractivity contribution in [1.29, 1.82) is 0 Å². The summed E-state index contributed by atoms with van der Waals surface area (Å²) in [5, 5.41) is 0.596. The first-order valence-corrected chi connectivity index (χ1v) is 12.6. The molecule has 5 rings (SSSR count). The van der Waals surface area contributed by atoms with Crippen LogP contribution < -0.4 is 9.80 Å². The molecule has 37 heavy (non-hydrogen) atoms. The predicted octanol–water partition coefficient (Wildman–Crippen LogP) is 4.76. The number of ether oxygens (including phenoxy) is 1. The van der Waals surface area contributed by atoms with E-state index in [-0.39, 0.29) is 11.9 Å². The molecule has 11 heteroatoms. The predicted molar refractivity (Wildman–Crippen MR) is 137 cm³/mol. The third kappa shape index (κ3) is 5.97. The number of hydrogen-bond donors (Lipinski definition) is 0. The highest BCUT2D eigenvalue weighted by molar-refractivity contribution is 6.30. The van der Waals surface area contributed by atoms with Gasteiger partial charge in [0, 0.05) is 68.2 Å². The van der Waals surface area contributed by atoms with E-state index in [1.54, 1.807) is 11.0 Å². The molecule has 1 aromatic carbocycles. The zero-order chi connectivity index (χ0) is 26.0. The third-order valence-corrected chi connectivity index (χ3v) is 6.89. The number of rotatable bonds is 5. The van der Waals surface area contributed by atoms with Gasteiger partial charge < -0.3 is 14.5 Å². The summed E-state index contributed by atoms with van der Waals surface area (Å²) < 4.78 is 46.3. The van der Waals surface area contributed by atoms with Crippen molar-refractivity contribution in [2.45, 2.75) is 25.7 Å². The fraction of sp³-hybridized carbons (Fsp3) is 0.423. The van der Waals surface area contributed by atoms with E-state index in [2.05, 4.69) is 14.8 Å². The van der Waals surface area contributed by atoms with Gasteiger partial charge in [-0.25, -0.2) is 15.0 Å². The Bertz CT molecular complexity index is 1240. The molecule has 0 bridgehead atoms. The maximum absolute atomic E-state index is 13.6. The fourth-order valence-electron chi connectivity index (χ4n) is 4.82. The van der Waals surface area contributed by atoms with Gasteiger partial charge in [-0.3, -0.25) is 4.90 Å². The average molecular weight is 533 g/mol. The highest BCUT2D eigenvalue weighted by Gasteiger charge is 2.37. The van der Waals surface area contributed by atoms with Crippen LogP contribution in [0.3, 0.4) is 0 Å². The van der Waals surface area contributed by atoms with Crippen LogP contribution >= 0.6 is 11.6 Å². The summed E-state index contributed by atoms with van der Waals surface area (Å²) >= 11 is 6.24. The van der Waals surface area contributed by atoms with Crippen LogP contribution in [0.25, 0.3) is 11.4 Å². The van der Waals surface area contributed by atoms with E-state index in [4.69, 9.17) is 26.3 Å². The Morgan fingerprint density at radius 1 is 1.03 bits per heavy atom. The summed E-state index contributed by atoms with van der Waals surface area (Å²) in [6.07, 6.45) is -3.06. The number of hydrogen-bond acceptors (Lipinski definition) is 7. The minimum atomic E-state index is -4.46. The number of morpholine rings is 1. The normalized spacial score (nSPS) is 19.3. The van der Waals surface area contributed by atoms with Crippen molar-refractivity contribution in [3.05, 3.63) is 64.9 Å². The molecule has 2 saturated heterocycles. The molecule has 1 unspecified atom stereocenters. The quantitative estimate of drug-likeness (QED) is 0.469. The van der Waals surface area contributed by atoms with Crippen LogP contribution in [-0.2, 0) is 17.5 Å². The van der Waals surface area contributed by atoms with Crippen LogP contribution in [0.4, 0.5) is 24.8 Å². The van der Waals surface area contributed by atoms with E-state index < -0.39 is 11.7 Å². The Labute approximate surface area is 218 Å². The van der Waals surface area contributed by atoms with E-state index in [0.29, 0.717) is 50.2 Å². The molecule has 0 amide bonds. The number of halogens is 4. The Kier molecular flexibility index (Phi) is 7.50. The second kappa shape index (κ2) is 10.8. The lowest BCUT2D eigenvalue weighted by Crippen LogP contribution is -2.53. The van der Waals surface area contributed by atoms with Gasteiger partial charge >= 0.3 is 6.18 Å². The second-order valence-corrected chi connectivity index (χ2v) is 9.74. The molecule has 4 heterocycles. The van der Waals surface area contributed by atoms with Crippen molar-refractivity contribution in [3.63, 3.8) is 0 Å². The molecule has 2 aliphatic heterocycles. The van der Waals surface area contributed by atoms with Crippen molar-refractivity contribution in [3.8, 4) is 11.4 Å². The van der Waals surface area contributed by atoms with Gasteiger partial charge in [-0.1, -0.05) is 23.7 Å². The second-order valence-electron chi connectivity index (χ2n) is 9.30. The third-order valence-electron chi connectivity index (χ3n) is 6.65. The molecular weight excluding hydrogens is 505 g/mol. The maximum atomic E-state index is 13.6. The number of pyridine rings is 1. The van der Waals surface area contributed by atoms with Crippen molar-refractivity contribution in [2.75, 3.05) is 55.7 Å². The Hall–Kier alpha value is -2.95. The van der Waals surface area contributed by atoms with Crippen LogP contribution in [0.1, 0.15) is 18.2 Å². The van der Waals surface area contributed by atoms with E-state index in [9.17, 15) is 13.2 Å². The first kappa shape index (κ1) is 25.7. The zero-order valence-corrected chi connectivity index (χ0v) is 21.2. The fourth-order valence-corrected chi connectivity index (χ4v) is 5.01. The minimum absolute atomic E-state index is 0.0307. The number of aromatic nitrogens is 3. The largest absolute Gasteiger partial charge is 0.419 e. The molecular formula is C26H28ClF3N6O. The van der Waals surface area contributed by atoms with Gasteiger partial charge in [0.1, 0.15) is 11.6 Å². The van der Waals surface area contributed by atoms with Crippen LogP contribution in [0.2, 0.25) is 5.02 Å². The van der Waals surface area contributed by atoms with Crippen LogP contribution in [-0.4, -0.2) is 71.8 Å². The molecule has 2 fully saturated rings. The van der Waals surface area contributed by atoms with Gasteiger partial charge in [0.25, 0.3) is 0 Å². The van der Waals surface area contributed by atoms with E-state index in [1.807, 2.05) is 31.2 Å². The van der Waals surface area contributed by atoms with Gasteiger partial charge in [0.15, 0.2) is 5.82 Å². The van der Waals surface area contributed by atoms with Crippen molar-refractivity contribution in [2.24, 2.45) is 0 Å². The van der Waals surface area contributed by atoms with Crippen molar-refractivity contribution >= 4 is 23.2 Å². The maximum Gasteiger partial charge on any atom is 0.419 e. The summed E-state index contributed by atoms with van der Waals surface area (Å²) in [6, 6.07) is 11.7. The number of alkyl halides is 3. The first-order valence-electron chi connectivity index (χ1n) is 12.3. The van der Waals surface area contributed by atoms with Gasteiger partial charge in [-0.15, -0.1) is 0 Å². The molecule has 7 nitrogen and oxygen atoms in total. The van der Waals surface area contributed by atoms with Crippen LogP contribution in [0.15, 0.2) is 48.7 Å². The Morgan fingerprint density at radius 3 is 2.57 bits per heavy atom. The molecule has 3 aromatic rings. The van der Waals surface area contributed by atoms with E-state index >= 15 is 0 Å². The SMILES string of the molecule is CC1CN(c2ncccc2C(F)(F)F)CCN1c1cc(CN2CCOCC2)nc(-c2cccc(Cl)c2)n1. The van der Waals surface area contributed by atoms with E-state index in [1.165, 1.54) is 12.3 Å². The monoisotopic (exact) mass is 532 g/mol. The first-order chi connectivity index (χ1) is 17.8. The van der Waals surface area contributed by atoms with Crippen LogP contribution in [0, 0.1) is 0 Å².